The molecule has 0 radical (unpaired) electrons. The number of hydrogen-bond acceptors (Lipinski definition) is 2. The minimum atomic E-state index is -0.0852. The molecular weight excluding hydrogens is 312 g/mol. The number of hydrogen-bond donors (Lipinski definition) is 2. The summed E-state index contributed by atoms with van der Waals surface area (Å²) in [6.45, 7) is 2.06. The zero-order chi connectivity index (χ0) is 13.1. The van der Waals surface area contributed by atoms with Gasteiger partial charge < -0.3 is 0 Å². The van der Waals surface area contributed by atoms with Gasteiger partial charge in [0.25, 0.3) is 0 Å². The van der Waals surface area contributed by atoms with Crippen molar-refractivity contribution in [2.75, 3.05) is 0 Å². The fourth-order valence-electron chi connectivity index (χ4n) is 1.95. The van der Waals surface area contributed by atoms with Gasteiger partial charge in [-0.05, 0) is 36.2 Å². The molecule has 0 saturated heterocycles. The molecule has 0 fully saturated rings. The van der Waals surface area contributed by atoms with E-state index in [0.29, 0.717) is 5.02 Å². The Balaban J connectivity index is 2.48. The molecule has 0 heterocycles. The summed E-state index contributed by atoms with van der Waals surface area (Å²) < 4.78 is 0.983. The number of rotatable bonds is 3. The van der Waals surface area contributed by atoms with E-state index in [0.717, 1.165) is 15.6 Å². The molecule has 0 aliphatic heterocycles. The molecule has 0 aliphatic carbocycles. The van der Waals surface area contributed by atoms with Crippen molar-refractivity contribution >= 4 is 27.5 Å². The summed E-state index contributed by atoms with van der Waals surface area (Å²) in [7, 11) is 0. The number of benzene rings is 2. The molecule has 0 saturated carbocycles. The van der Waals surface area contributed by atoms with Crippen molar-refractivity contribution in [3.8, 4) is 0 Å². The van der Waals surface area contributed by atoms with E-state index in [1.54, 1.807) is 0 Å². The Bertz CT molecular complexity index is 557. The van der Waals surface area contributed by atoms with Crippen molar-refractivity contribution in [1.29, 1.82) is 0 Å². The number of nitrogens with two attached hydrogens (primary N) is 1. The van der Waals surface area contributed by atoms with E-state index in [1.807, 2.05) is 30.3 Å². The van der Waals surface area contributed by atoms with Crippen LogP contribution in [0.4, 0.5) is 0 Å². The second-order valence-corrected chi connectivity index (χ2v) is 5.47. The molecule has 2 aromatic rings. The van der Waals surface area contributed by atoms with Gasteiger partial charge in [-0.25, -0.2) is 5.43 Å². The number of nitrogens with one attached hydrogen (secondary N) is 1. The monoisotopic (exact) mass is 324 g/mol. The van der Waals surface area contributed by atoms with Crippen LogP contribution < -0.4 is 11.3 Å². The topological polar surface area (TPSA) is 38.0 Å². The van der Waals surface area contributed by atoms with Crippen LogP contribution in [0.1, 0.15) is 22.7 Å². The molecule has 0 bridgehead atoms. The third kappa shape index (κ3) is 2.93. The van der Waals surface area contributed by atoms with Gasteiger partial charge in [-0.15, -0.1) is 0 Å². The predicted octanol–water partition coefficient (Wildman–Crippen LogP) is 3.96. The molecule has 0 aliphatic rings. The maximum absolute atomic E-state index is 6.05. The van der Waals surface area contributed by atoms with E-state index in [9.17, 15) is 0 Å². The van der Waals surface area contributed by atoms with Crippen LogP contribution in [0.15, 0.2) is 46.9 Å². The standard InChI is InChI=1S/C14H14BrClN2/c1-9-3-2-4-10(7-9)14(18-17)12-8-11(16)5-6-13(12)15/h2-8,14,18H,17H2,1H3. The van der Waals surface area contributed by atoms with Gasteiger partial charge in [0.05, 0.1) is 6.04 Å². The third-order valence-electron chi connectivity index (χ3n) is 2.81. The summed E-state index contributed by atoms with van der Waals surface area (Å²) in [5.74, 6) is 5.69. The van der Waals surface area contributed by atoms with E-state index in [-0.39, 0.29) is 6.04 Å². The van der Waals surface area contributed by atoms with E-state index in [1.165, 1.54) is 5.56 Å². The van der Waals surface area contributed by atoms with Crippen LogP contribution in [0.5, 0.6) is 0 Å². The van der Waals surface area contributed by atoms with Crippen LogP contribution in [0, 0.1) is 6.92 Å². The summed E-state index contributed by atoms with van der Waals surface area (Å²) in [5, 5.41) is 0.695. The molecule has 2 nitrogen and oxygen atoms in total. The molecule has 0 spiro atoms. The Kier molecular flexibility index (Phi) is 4.40. The van der Waals surface area contributed by atoms with Crippen molar-refractivity contribution in [3.63, 3.8) is 0 Å². The van der Waals surface area contributed by atoms with Gasteiger partial charge >= 0.3 is 0 Å². The molecule has 3 N–H and O–H groups in total. The van der Waals surface area contributed by atoms with Crippen LogP contribution in [0.25, 0.3) is 0 Å². The van der Waals surface area contributed by atoms with E-state index in [4.69, 9.17) is 17.4 Å². The van der Waals surface area contributed by atoms with Gasteiger partial charge in [0.15, 0.2) is 0 Å². The average Bonchev–Trinajstić information content (AvgIpc) is 2.35. The van der Waals surface area contributed by atoms with Gasteiger partial charge in [-0.3, -0.25) is 5.84 Å². The fraction of sp³-hybridized carbons (Fsp3) is 0.143. The molecule has 2 aromatic carbocycles. The second-order valence-electron chi connectivity index (χ2n) is 4.18. The zero-order valence-electron chi connectivity index (χ0n) is 9.95. The minimum Gasteiger partial charge on any atom is -0.271 e. The lowest BCUT2D eigenvalue weighted by Crippen LogP contribution is -2.29. The lowest BCUT2D eigenvalue weighted by Gasteiger charge is -2.19. The first kappa shape index (κ1) is 13.6. The molecule has 1 atom stereocenters. The fourth-order valence-corrected chi connectivity index (χ4v) is 2.61. The van der Waals surface area contributed by atoms with Crippen LogP contribution in [-0.2, 0) is 0 Å². The molecular formula is C14H14BrClN2. The van der Waals surface area contributed by atoms with Crippen molar-refractivity contribution in [2.45, 2.75) is 13.0 Å². The Morgan fingerprint density at radius 2 is 2.00 bits per heavy atom. The Morgan fingerprint density at radius 3 is 2.67 bits per heavy atom. The van der Waals surface area contributed by atoms with E-state index in [2.05, 4.69) is 40.4 Å². The SMILES string of the molecule is Cc1cccc(C(NN)c2cc(Cl)ccc2Br)c1. The van der Waals surface area contributed by atoms with E-state index < -0.39 is 0 Å². The first-order chi connectivity index (χ1) is 8.61. The second kappa shape index (κ2) is 5.85. The maximum atomic E-state index is 6.05. The Labute approximate surface area is 120 Å². The average molecular weight is 326 g/mol. The summed E-state index contributed by atoms with van der Waals surface area (Å²) in [6.07, 6.45) is 0. The van der Waals surface area contributed by atoms with Crippen LogP contribution in [-0.4, -0.2) is 0 Å². The quantitative estimate of drug-likeness (QED) is 0.662. The largest absolute Gasteiger partial charge is 0.271 e. The highest BCUT2D eigenvalue weighted by Gasteiger charge is 2.15. The molecule has 1 unspecified atom stereocenters. The highest BCUT2D eigenvalue weighted by atomic mass is 79.9. The van der Waals surface area contributed by atoms with Gasteiger partial charge in [-0.1, -0.05) is 57.4 Å². The van der Waals surface area contributed by atoms with Crippen molar-refractivity contribution in [2.24, 2.45) is 5.84 Å². The normalized spacial score (nSPS) is 12.4. The predicted molar refractivity (Wildman–Crippen MR) is 79.5 cm³/mol. The zero-order valence-corrected chi connectivity index (χ0v) is 12.3. The molecule has 4 heteroatoms. The summed E-state index contributed by atoms with van der Waals surface area (Å²) in [5.41, 5.74) is 6.18. The molecule has 94 valence electrons. The summed E-state index contributed by atoms with van der Waals surface area (Å²) in [4.78, 5) is 0. The highest BCUT2D eigenvalue weighted by molar-refractivity contribution is 9.10. The van der Waals surface area contributed by atoms with Crippen molar-refractivity contribution in [3.05, 3.63) is 68.7 Å². The molecule has 18 heavy (non-hydrogen) atoms. The van der Waals surface area contributed by atoms with Gasteiger partial charge in [0.1, 0.15) is 0 Å². The van der Waals surface area contributed by atoms with Crippen molar-refractivity contribution < 1.29 is 0 Å². The van der Waals surface area contributed by atoms with Crippen LogP contribution in [0.3, 0.4) is 0 Å². The third-order valence-corrected chi connectivity index (χ3v) is 3.77. The lowest BCUT2D eigenvalue weighted by molar-refractivity contribution is 0.634. The molecule has 2 rings (SSSR count). The highest BCUT2D eigenvalue weighted by Crippen LogP contribution is 2.30. The maximum Gasteiger partial charge on any atom is 0.0721 e. The van der Waals surface area contributed by atoms with Crippen molar-refractivity contribution in [1.82, 2.24) is 5.43 Å². The number of aryl methyl sites for hydroxylation is 1. The number of halogens is 2. The summed E-state index contributed by atoms with van der Waals surface area (Å²) >= 11 is 9.58. The molecule has 0 amide bonds. The van der Waals surface area contributed by atoms with Gasteiger partial charge in [0, 0.05) is 9.50 Å². The summed E-state index contributed by atoms with van der Waals surface area (Å²) in [6, 6.07) is 13.8. The molecule has 0 aromatic heterocycles. The lowest BCUT2D eigenvalue weighted by atomic mass is 9.98. The number of hydrazine groups is 1. The van der Waals surface area contributed by atoms with E-state index >= 15 is 0 Å². The smallest absolute Gasteiger partial charge is 0.0721 e. The minimum absolute atomic E-state index is 0.0852. The van der Waals surface area contributed by atoms with Crippen LogP contribution in [0.2, 0.25) is 5.02 Å². The van der Waals surface area contributed by atoms with Gasteiger partial charge in [-0.2, -0.15) is 0 Å². The Hall–Kier alpha value is -0.870. The Morgan fingerprint density at radius 1 is 1.22 bits per heavy atom. The van der Waals surface area contributed by atoms with Crippen LogP contribution >= 0.6 is 27.5 Å². The first-order valence-corrected chi connectivity index (χ1v) is 6.76. The first-order valence-electron chi connectivity index (χ1n) is 5.59. The van der Waals surface area contributed by atoms with Gasteiger partial charge in [0.2, 0.25) is 0 Å².